The van der Waals surface area contributed by atoms with E-state index in [9.17, 15) is 18.0 Å². The van der Waals surface area contributed by atoms with Crippen molar-refractivity contribution in [3.63, 3.8) is 0 Å². The molecule has 0 radical (unpaired) electrons. The molecule has 22 heavy (non-hydrogen) atoms. The van der Waals surface area contributed by atoms with Crippen LogP contribution in [0, 0.1) is 0 Å². The Morgan fingerprint density at radius 2 is 1.91 bits per heavy atom. The molecule has 9 heteroatoms. The molecule has 0 aliphatic carbocycles. The summed E-state index contributed by atoms with van der Waals surface area (Å²) >= 11 is 1.33. The van der Waals surface area contributed by atoms with Crippen molar-refractivity contribution in [1.29, 1.82) is 0 Å². The lowest BCUT2D eigenvalue weighted by Gasteiger charge is -2.12. The first-order valence-corrected chi connectivity index (χ1v) is 8.95. The van der Waals surface area contributed by atoms with E-state index in [1.807, 2.05) is 0 Å². The van der Waals surface area contributed by atoms with Crippen LogP contribution in [0.25, 0.3) is 0 Å². The van der Waals surface area contributed by atoms with E-state index in [4.69, 9.17) is 5.14 Å². The predicted octanol–water partition coefficient (Wildman–Crippen LogP) is 0.957. The number of methoxy groups -OCH3 is 1. The van der Waals surface area contributed by atoms with Crippen molar-refractivity contribution < 1.29 is 22.7 Å². The van der Waals surface area contributed by atoms with Gasteiger partial charge in [0.05, 0.1) is 23.7 Å². The van der Waals surface area contributed by atoms with Gasteiger partial charge in [0.25, 0.3) is 0 Å². The fraction of sp³-hybridized carbons (Fsp3) is 0.385. The number of thioether (sulfide) groups is 1. The van der Waals surface area contributed by atoms with Crippen LogP contribution in [0.5, 0.6) is 0 Å². The third-order valence-corrected chi connectivity index (χ3v) is 4.80. The maximum atomic E-state index is 11.9. The van der Waals surface area contributed by atoms with E-state index >= 15 is 0 Å². The van der Waals surface area contributed by atoms with E-state index in [0.717, 1.165) is 0 Å². The molecule has 0 fully saturated rings. The van der Waals surface area contributed by atoms with Crippen LogP contribution in [0.3, 0.4) is 0 Å². The van der Waals surface area contributed by atoms with Gasteiger partial charge in [-0.3, -0.25) is 9.59 Å². The molecule has 0 saturated heterocycles. The third-order valence-electron chi connectivity index (χ3n) is 2.72. The Balaban J connectivity index is 2.52. The maximum Gasteiger partial charge on any atom is 0.306 e. The summed E-state index contributed by atoms with van der Waals surface area (Å²) < 4.78 is 26.8. The number of sulfonamides is 1. The second-order valence-electron chi connectivity index (χ2n) is 4.40. The van der Waals surface area contributed by atoms with Gasteiger partial charge in [-0.15, -0.1) is 11.8 Å². The number of rotatable bonds is 7. The smallest absolute Gasteiger partial charge is 0.306 e. The van der Waals surface area contributed by atoms with Gasteiger partial charge in [-0.05, 0) is 31.2 Å². The van der Waals surface area contributed by atoms with Crippen molar-refractivity contribution in [1.82, 2.24) is 0 Å². The Morgan fingerprint density at radius 3 is 2.41 bits per heavy atom. The van der Waals surface area contributed by atoms with Crippen LogP contribution in [-0.4, -0.2) is 38.4 Å². The van der Waals surface area contributed by atoms with Gasteiger partial charge in [0.1, 0.15) is 0 Å². The number of carbonyl (C=O) groups excluding carboxylic acids is 2. The molecule has 3 N–H and O–H groups in total. The zero-order chi connectivity index (χ0) is 16.8. The van der Waals surface area contributed by atoms with E-state index in [2.05, 4.69) is 10.1 Å². The standard InChI is InChI=1S/C13H18N2O5S2/c1-9(21-8-7-12(16)20-2)13(17)15-10-3-5-11(6-4-10)22(14,18)19/h3-6,9H,7-8H2,1-2H3,(H,15,17)(H2,14,18,19)/t9-/m0/s1. The van der Waals surface area contributed by atoms with Gasteiger partial charge in [0.2, 0.25) is 15.9 Å². The van der Waals surface area contributed by atoms with Crippen molar-refractivity contribution in [3.05, 3.63) is 24.3 Å². The number of nitrogens with one attached hydrogen (secondary N) is 1. The average Bonchev–Trinajstić information content (AvgIpc) is 2.46. The Kier molecular flexibility index (Phi) is 6.85. The highest BCUT2D eigenvalue weighted by Gasteiger charge is 2.15. The SMILES string of the molecule is COC(=O)CCS[C@@H](C)C(=O)Nc1ccc(S(N)(=O)=O)cc1. The lowest BCUT2D eigenvalue weighted by Crippen LogP contribution is -2.23. The number of anilines is 1. The Labute approximate surface area is 133 Å². The fourth-order valence-corrected chi connectivity index (χ4v) is 2.83. The van der Waals surface area contributed by atoms with E-state index < -0.39 is 10.0 Å². The van der Waals surface area contributed by atoms with Gasteiger partial charge >= 0.3 is 5.97 Å². The highest BCUT2D eigenvalue weighted by atomic mass is 32.2. The Morgan fingerprint density at radius 1 is 1.32 bits per heavy atom. The average molecular weight is 346 g/mol. The topological polar surface area (TPSA) is 116 Å². The summed E-state index contributed by atoms with van der Waals surface area (Å²) in [5.74, 6) is -0.0806. The van der Waals surface area contributed by atoms with Crippen LogP contribution in [-0.2, 0) is 24.3 Å². The van der Waals surface area contributed by atoms with Crippen molar-refractivity contribution >= 4 is 39.3 Å². The molecule has 122 valence electrons. The molecule has 0 aromatic heterocycles. The maximum absolute atomic E-state index is 11.9. The van der Waals surface area contributed by atoms with Crippen molar-refractivity contribution in [3.8, 4) is 0 Å². The molecular weight excluding hydrogens is 328 g/mol. The number of hydrogen-bond donors (Lipinski definition) is 2. The molecule has 0 saturated carbocycles. The van der Waals surface area contributed by atoms with Crippen LogP contribution < -0.4 is 10.5 Å². The first-order valence-electron chi connectivity index (χ1n) is 6.36. The molecule has 1 rings (SSSR count). The summed E-state index contributed by atoms with van der Waals surface area (Å²) in [5.41, 5.74) is 0.470. The molecule has 0 heterocycles. The van der Waals surface area contributed by atoms with E-state index in [0.29, 0.717) is 11.4 Å². The van der Waals surface area contributed by atoms with Crippen molar-refractivity contribution in [2.45, 2.75) is 23.5 Å². The van der Waals surface area contributed by atoms with Gasteiger partial charge in [-0.2, -0.15) is 0 Å². The largest absolute Gasteiger partial charge is 0.469 e. The molecule has 1 aromatic rings. The lowest BCUT2D eigenvalue weighted by atomic mass is 10.3. The monoisotopic (exact) mass is 346 g/mol. The minimum atomic E-state index is -3.75. The van der Waals surface area contributed by atoms with E-state index in [-0.39, 0.29) is 28.4 Å². The normalized spacial score (nSPS) is 12.5. The lowest BCUT2D eigenvalue weighted by molar-refractivity contribution is -0.140. The van der Waals surface area contributed by atoms with Gasteiger partial charge in [0, 0.05) is 11.4 Å². The molecule has 0 aliphatic heterocycles. The number of ether oxygens (including phenoxy) is 1. The molecule has 0 aliphatic rings. The zero-order valence-electron chi connectivity index (χ0n) is 12.2. The highest BCUT2D eigenvalue weighted by molar-refractivity contribution is 8.00. The number of benzene rings is 1. The van der Waals surface area contributed by atoms with Crippen LogP contribution in [0.2, 0.25) is 0 Å². The summed E-state index contributed by atoms with van der Waals surface area (Å²) in [4.78, 5) is 22.9. The number of primary sulfonamides is 1. The third kappa shape index (κ3) is 6.04. The Bertz CT molecular complexity index is 628. The molecule has 7 nitrogen and oxygen atoms in total. The minimum Gasteiger partial charge on any atom is -0.469 e. The first kappa shape index (κ1) is 18.5. The second-order valence-corrected chi connectivity index (χ2v) is 7.41. The van der Waals surface area contributed by atoms with Gasteiger partial charge in [0.15, 0.2) is 0 Å². The predicted molar refractivity (Wildman–Crippen MR) is 85.0 cm³/mol. The summed E-state index contributed by atoms with van der Waals surface area (Å²) in [6.07, 6.45) is 0.238. The molecule has 0 unspecified atom stereocenters. The number of esters is 1. The minimum absolute atomic E-state index is 0.0222. The fourth-order valence-electron chi connectivity index (χ4n) is 1.47. The van der Waals surface area contributed by atoms with Crippen molar-refractivity contribution in [2.24, 2.45) is 5.14 Å². The molecule has 1 aromatic carbocycles. The second kappa shape index (κ2) is 8.16. The number of carbonyl (C=O) groups is 2. The number of amides is 1. The molecule has 0 spiro atoms. The molecule has 0 bridgehead atoms. The van der Waals surface area contributed by atoms with Crippen molar-refractivity contribution in [2.75, 3.05) is 18.2 Å². The van der Waals surface area contributed by atoms with Crippen LogP contribution >= 0.6 is 11.8 Å². The van der Waals surface area contributed by atoms with Gasteiger partial charge < -0.3 is 10.1 Å². The van der Waals surface area contributed by atoms with E-state index in [1.165, 1.54) is 43.1 Å². The summed E-state index contributed by atoms with van der Waals surface area (Å²) in [5, 5.41) is 7.29. The van der Waals surface area contributed by atoms with Crippen LogP contribution in [0.15, 0.2) is 29.2 Å². The Hall–Kier alpha value is -1.58. The number of nitrogens with two attached hydrogens (primary N) is 1. The zero-order valence-corrected chi connectivity index (χ0v) is 13.9. The summed E-state index contributed by atoms with van der Waals surface area (Å²) in [7, 11) is -2.43. The summed E-state index contributed by atoms with van der Waals surface area (Å²) in [6, 6.07) is 5.56. The molecular formula is C13H18N2O5S2. The molecule has 1 atom stereocenters. The van der Waals surface area contributed by atoms with Gasteiger partial charge in [-0.1, -0.05) is 0 Å². The van der Waals surface area contributed by atoms with E-state index in [1.54, 1.807) is 6.92 Å². The first-order chi connectivity index (χ1) is 10.2. The highest BCUT2D eigenvalue weighted by Crippen LogP contribution is 2.17. The van der Waals surface area contributed by atoms with Crippen LogP contribution in [0.1, 0.15) is 13.3 Å². The van der Waals surface area contributed by atoms with Gasteiger partial charge in [-0.25, -0.2) is 13.6 Å². The van der Waals surface area contributed by atoms with Crippen LogP contribution in [0.4, 0.5) is 5.69 Å². The summed E-state index contributed by atoms with van der Waals surface area (Å²) in [6.45, 7) is 1.72. The number of hydrogen-bond acceptors (Lipinski definition) is 6. The quantitative estimate of drug-likeness (QED) is 0.710. The molecule has 1 amide bonds.